The number of hydrogen-bond acceptors (Lipinski definition) is 7. The second-order valence-corrected chi connectivity index (χ2v) is 10.2. The molecule has 0 aromatic heterocycles. The molecule has 0 spiro atoms. The molecule has 1 saturated heterocycles. The smallest absolute Gasteiger partial charge is 0.184 e. The van der Waals surface area contributed by atoms with Crippen molar-refractivity contribution in [2.45, 2.75) is 51.5 Å². The van der Waals surface area contributed by atoms with Gasteiger partial charge >= 0.3 is 0 Å². The molecule has 7 heteroatoms. The zero-order valence-electron chi connectivity index (χ0n) is 22.4. The van der Waals surface area contributed by atoms with Crippen LogP contribution in [0.5, 0.6) is 11.5 Å². The van der Waals surface area contributed by atoms with Crippen molar-refractivity contribution in [1.82, 2.24) is 4.90 Å². The van der Waals surface area contributed by atoms with Crippen molar-refractivity contribution in [3.63, 3.8) is 0 Å². The Morgan fingerprint density at radius 2 is 1.53 bits per heavy atom. The molecule has 4 unspecified atom stereocenters. The van der Waals surface area contributed by atoms with Crippen molar-refractivity contribution in [3.8, 4) is 11.5 Å². The summed E-state index contributed by atoms with van der Waals surface area (Å²) in [6.45, 7) is 5.29. The summed E-state index contributed by atoms with van der Waals surface area (Å²) in [5.41, 5.74) is 12.4. The van der Waals surface area contributed by atoms with Crippen molar-refractivity contribution in [2.24, 2.45) is 11.7 Å². The van der Waals surface area contributed by atoms with E-state index >= 15 is 0 Å². The van der Waals surface area contributed by atoms with Crippen molar-refractivity contribution < 1.29 is 24.1 Å². The highest BCUT2D eigenvalue weighted by molar-refractivity contribution is 5.48. The van der Waals surface area contributed by atoms with Crippen molar-refractivity contribution in [3.05, 3.63) is 94.0 Å². The highest BCUT2D eigenvalue weighted by Crippen LogP contribution is 2.42. The fourth-order valence-electron chi connectivity index (χ4n) is 5.49. The summed E-state index contributed by atoms with van der Waals surface area (Å²) in [4.78, 5) is 2.46. The maximum absolute atomic E-state index is 9.50. The molecule has 4 atom stereocenters. The van der Waals surface area contributed by atoms with Crippen LogP contribution in [0.25, 0.3) is 0 Å². The van der Waals surface area contributed by atoms with Gasteiger partial charge in [-0.1, -0.05) is 55.5 Å². The van der Waals surface area contributed by atoms with E-state index in [2.05, 4.69) is 36.1 Å². The molecule has 0 radical (unpaired) electrons. The van der Waals surface area contributed by atoms with Crippen LogP contribution in [0, 0.1) is 5.92 Å². The Morgan fingerprint density at radius 1 is 0.895 bits per heavy atom. The van der Waals surface area contributed by atoms with Crippen molar-refractivity contribution in [1.29, 1.82) is 0 Å². The highest BCUT2D eigenvalue weighted by atomic mass is 16.7. The van der Waals surface area contributed by atoms with Crippen molar-refractivity contribution >= 4 is 0 Å². The number of nitrogens with two attached hydrogens (primary N) is 1. The maximum Gasteiger partial charge on any atom is 0.184 e. The zero-order chi connectivity index (χ0) is 26.6. The van der Waals surface area contributed by atoms with Crippen LogP contribution in [0.15, 0.2) is 60.7 Å². The molecule has 3 aromatic rings. The molecule has 5 rings (SSSR count). The minimum Gasteiger partial charge on any atom is -0.493 e. The van der Waals surface area contributed by atoms with E-state index in [1.165, 1.54) is 11.1 Å². The molecule has 0 bridgehead atoms. The average molecular weight is 519 g/mol. The quantitative estimate of drug-likeness (QED) is 0.454. The third-order valence-electron chi connectivity index (χ3n) is 7.85. The fourth-order valence-corrected chi connectivity index (χ4v) is 5.49. The molecule has 202 valence electrons. The Labute approximate surface area is 225 Å². The number of aliphatic hydroxyl groups is 1. The molecular weight excluding hydrogens is 480 g/mol. The lowest BCUT2D eigenvalue weighted by atomic mass is 9.89. The second-order valence-electron chi connectivity index (χ2n) is 10.2. The zero-order valence-corrected chi connectivity index (χ0v) is 22.4. The summed E-state index contributed by atoms with van der Waals surface area (Å²) in [5.74, 6) is 1.66. The van der Waals surface area contributed by atoms with E-state index in [0.29, 0.717) is 6.54 Å². The number of hydrogen-bond donors (Lipinski definition) is 2. The van der Waals surface area contributed by atoms with Gasteiger partial charge in [0.15, 0.2) is 17.8 Å². The average Bonchev–Trinajstić information content (AvgIpc) is 2.97. The van der Waals surface area contributed by atoms with Crippen LogP contribution in [0.4, 0.5) is 0 Å². The molecule has 38 heavy (non-hydrogen) atoms. The van der Waals surface area contributed by atoms with Gasteiger partial charge in [-0.25, -0.2) is 0 Å². The van der Waals surface area contributed by atoms with E-state index in [4.69, 9.17) is 24.7 Å². The lowest BCUT2D eigenvalue weighted by Gasteiger charge is -2.43. The van der Waals surface area contributed by atoms with Gasteiger partial charge in [-0.2, -0.15) is 0 Å². The molecule has 0 saturated carbocycles. The molecule has 2 aliphatic heterocycles. The molecular formula is C31H38N2O5. The number of nitrogens with zero attached hydrogens (tertiary/aromatic N) is 1. The van der Waals surface area contributed by atoms with Gasteiger partial charge in [0.05, 0.1) is 33.0 Å². The molecule has 2 aliphatic rings. The molecule has 1 fully saturated rings. The third kappa shape index (κ3) is 5.58. The highest BCUT2D eigenvalue weighted by Gasteiger charge is 2.39. The van der Waals surface area contributed by atoms with Crippen LogP contribution in [-0.4, -0.2) is 43.4 Å². The number of rotatable bonds is 8. The number of benzene rings is 3. The number of ether oxygens (including phenoxy) is 4. The van der Waals surface area contributed by atoms with Crippen LogP contribution in [0.2, 0.25) is 0 Å². The van der Waals surface area contributed by atoms with Gasteiger partial charge in [0, 0.05) is 37.7 Å². The predicted octanol–water partition coefficient (Wildman–Crippen LogP) is 4.50. The minimum atomic E-state index is -0.480. The van der Waals surface area contributed by atoms with E-state index in [0.717, 1.165) is 59.8 Å². The van der Waals surface area contributed by atoms with Gasteiger partial charge in [-0.15, -0.1) is 0 Å². The Hall–Kier alpha value is -2.94. The van der Waals surface area contributed by atoms with Gasteiger partial charge in [-0.05, 0) is 46.4 Å². The van der Waals surface area contributed by atoms with Gasteiger partial charge in [0.1, 0.15) is 0 Å². The Kier molecular flexibility index (Phi) is 8.31. The lowest BCUT2D eigenvalue weighted by molar-refractivity contribution is -0.276. The first kappa shape index (κ1) is 26.7. The molecule has 2 heterocycles. The van der Waals surface area contributed by atoms with E-state index in [1.54, 1.807) is 14.2 Å². The van der Waals surface area contributed by atoms with Crippen LogP contribution in [-0.2, 0) is 35.6 Å². The van der Waals surface area contributed by atoms with Crippen LogP contribution in [0.1, 0.15) is 52.7 Å². The van der Waals surface area contributed by atoms with Gasteiger partial charge in [0.2, 0.25) is 0 Å². The predicted molar refractivity (Wildman–Crippen MR) is 146 cm³/mol. The second kappa shape index (κ2) is 11.8. The third-order valence-corrected chi connectivity index (χ3v) is 7.85. The first-order valence-electron chi connectivity index (χ1n) is 13.3. The Bertz CT molecular complexity index is 1210. The maximum atomic E-state index is 9.50. The standard InChI is InChI=1S/C31H38N2O5/c1-20-29(18-33-13-12-25-14-27(35-2)28(36-3)15-26(25)17-33)37-31(24-10-4-21(16-32)5-11-24)38-30(20)23-8-6-22(19-34)7-9-23/h4-11,14-15,20,29-31,34H,12-13,16-19,32H2,1-3H3. The van der Waals surface area contributed by atoms with E-state index < -0.39 is 6.29 Å². The molecule has 0 amide bonds. The summed E-state index contributed by atoms with van der Waals surface area (Å²) < 4.78 is 24.3. The summed E-state index contributed by atoms with van der Waals surface area (Å²) >= 11 is 0. The van der Waals surface area contributed by atoms with Crippen LogP contribution < -0.4 is 15.2 Å². The number of aliphatic hydroxyl groups excluding tert-OH is 1. The van der Waals surface area contributed by atoms with E-state index in [1.807, 2.05) is 36.4 Å². The minimum absolute atomic E-state index is 0.0241. The Morgan fingerprint density at radius 3 is 2.16 bits per heavy atom. The van der Waals surface area contributed by atoms with E-state index in [9.17, 15) is 5.11 Å². The van der Waals surface area contributed by atoms with Gasteiger partial charge in [0.25, 0.3) is 0 Å². The number of fused-ring (bicyclic) bond motifs is 1. The Balaban J connectivity index is 1.39. The SMILES string of the molecule is COc1cc2c(cc1OC)CN(CC1OC(c3ccc(CN)cc3)OC(c3ccc(CO)cc3)C1C)CC2. The molecule has 0 aliphatic carbocycles. The van der Waals surface area contributed by atoms with E-state index in [-0.39, 0.29) is 24.7 Å². The fraction of sp³-hybridized carbons (Fsp3) is 0.419. The monoisotopic (exact) mass is 518 g/mol. The summed E-state index contributed by atoms with van der Waals surface area (Å²) in [7, 11) is 3.35. The first-order valence-corrected chi connectivity index (χ1v) is 13.3. The normalized spacial score (nSPS) is 23.6. The molecule has 3 N–H and O–H groups in total. The largest absolute Gasteiger partial charge is 0.493 e. The summed E-state index contributed by atoms with van der Waals surface area (Å²) in [6, 6.07) is 20.4. The first-order chi connectivity index (χ1) is 18.5. The summed E-state index contributed by atoms with van der Waals surface area (Å²) in [5, 5.41) is 9.50. The lowest BCUT2D eigenvalue weighted by Crippen LogP contribution is -2.45. The van der Waals surface area contributed by atoms with Crippen molar-refractivity contribution in [2.75, 3.05) is 27.3 Å². The number of methoxy groups -OCH3 is 2. The topological polar surface area (TPSA) is 86.4 Å². The van der Waals surface area contributed by atoms with Gasteiger partial charge in [-0.3, -0.25) is 4.90 Å². The molecule has 7 nitrogen and oxygen atoms in total. The van der Waals surface area contributed by atoms with Crippen LogP contribution in [0.3, 0.4) is 0 Å². The summed E-state index contributed by atoms with van der Waals surface area (Å²) in [6.07, 6.45) is 0.296. The van der Waals surface area contributed by atoms with Gasteiger partial charge < -0.3 is 29.8 Å². The molecule has 3 aromatic carbocycles. The van der Waals surface area contributed by atoms with Crippen LogP contribution >= 0.6 is 0 Å².